The molecule has 2 atom stereocenters. The van der Waals surface area contributed by atoms with Crippen LogP contribution in [0.25, 0.3) is 5.69 Å². The summed E-state index contributed by atoms with van der Waals surface area (Å²) in [4.78, 5) is 1.63. The molecular weight excluding hydrogens is 236 g/mol. The van der Waals surface area contributed by atoms with Crippen molar-refractivity contribution >= 4 is 5.69 Å². The molecular formula is C15H20N4. The smallest absolute Gasteiger partial charge is 0.0858 e. The molecule has 0 bridgehead atoms. The topological polar surface area (TPSA) is 42.7 Å². The van der Waals surface area contributed by atoms with E-state index in [9.17, 15) is 0 Å². The summed E-state index contributed by atoms with van der Waals surface area (Å²) in [6, 6.07) is 8.97. The van der Waals surface area contributed by atoms with Crippen LogP contribution >= 0.6 is 0 Å². The van der Waals surface area contributed by atoms with Gasteiger partial charge in [0.05, 0.1) is 18.1 Å². The fourth-order valence-electron chi connectivity index (χ4n) is 2.97. The third-order valence-corrected chi connectivity index (χ3v) is 4.05. The second kappa shape index (κ2) is 5.43. The molecule has 1 fully saturated rings. The van der Waals surface area contributed by atoms with E-state index in [0.717, 1.165) is 11.6 Å². The molecule has 3 rings (SSSR count). The number of aromatic nitrogens is 3. The minimum Gasteiger partial charge on any atom is -0.382 e. The van der Waals surface area contributed by atoms with Gasteiger partial charge in [0.1, 0.15) is 0 Å². The van der Waals surface area contributed by atoms with Crippen LogP contribution in [0.4, 0.5) is 5.69 Å². The van der Waals surface area contributed by atoms with Crippen LogP contribution in [0.15, 0.2) is 36.7 Å². The second-order valence-electron chi connectivity index (χ2n) is 5.22. The van der Waals surface area contributed by atoms with Crippen molar-refractivity contribution in [2.24, 2.45) is 5.92 Å². The van der Waals surface area contributed by atoms with Crippen LogP contribution in [0.2, 0.25) is 0 Å². The summed E-state index contributed by atoms with van der Waals surface area (Å²) >= 11 is 0. The van der Waals surface area contributed by atoms with Crippen molar-refractivity contribution < 1.29 is 0 Å². The quantitative estimate of drug-likeness (QED) is 0.913. The summed E-state index contributed by atoms with van der Waals surface area (Å²) in [5, 5.41) is 11.9. The summed E-state index contributed by atoms with van der Waals surface area (Å²) in [5.41, 5.74) is 2.19. The first-order valence-electron chi connectivity index (χ1n) is 7.10. The zero-order valence-electron chi connectivity index (χ0n) is 11.3. The van der Waals surface area contributed by atoms with E-state index in [1.54, 1.807) is 17.2 Å². The highest BCUT2D eigenvalue weighted by Gasteiger charge is 2.25. The molecule has 2 aromatic rings. The van der Waals surface area contributed by atoms with Crippen molar-refractivity contribution in [3.05, 3.63) is 36.7 Å². The van der Waals surface area contributed by atoms with Crippen LogP contribution in [-0.4, -0.2) is 21.0 Å². The molecule has 4 heteroatoms. The summed E-state index contributed by atoms with van der Waals surface area (Å²) in [6.45, 7) is 2.29. The zero-order chi connectivity index (χ0) is 13.1. The first kappa shape index (κ1) is 12.2. The molecule has 1 heterocycles. The van der Waals surface area contributed by atoms with Gasteiger partial charge in [0.2, 0.25) is 0 Å². The Morgan fingerprint density at radius 3 is 2.58 bits per heavy atom. The first-order valence-corrected chi connectivity index (χ1v) is 7.10. The van der Waals surface area contributed by atoms with Crippen molar-refractivity contribution in [2.45, 2.75) is 38.6 Å². The van der Waals surface area contributed by atoms with Gasteiger partial charge in [0.25, 0.3) is 0 Å². The zero-order valence-corrected chi connectivity index (χ0v) is 11.3. The molecule has 0 saturated heterocycles. The SMILES string of the molecule is CCC1CCCC1Nc1ccc(-n2nccn2)cc1. The summed E-state index contributed by atoms with van der Waals surface area (Å²) in [5.74, 6) is 0.826. The number of rotatable bonds is 4. The Labute approximate surface area is 113 Å². The summed E-state index contributed by atoms with van der Waals surface area (Å²) in [7, 11) is 0. The molecule has 4 nitrogen and oxygen atoms in total. The normalized spacial score (nSPS) is 22.6. The molecule has 1 aromatic carbocycles. The number of benzene rings is 1. The number of nitrogens with one attached hydrogen (secondary N) is 1. The third kappa shape index (κ3) is 2.62. The number of nitrogens with zero attached hydrogens (tertiary/aromatic N) is 3. The van der Waals surface area contributed by atoms with E-state index in [0.29, 0.717) is 6.04 Å². The first-order chi connectivity index (χ1) is 9.36. The van der Waals surface area contributed by atoms with E-state index in [4.69, 9.17) is 0 Å². The van der Waals surface area contributed by atoms with Crippen molar-refractivity contribution in [1.29, 1.82) is 0 Å². The number of hydrogen-bond acceptors (Lipinski definition) is 3. The van der Waals surface area contributed by atoms with Crippen molar-refractivity contribution in [3.8, 4) is 5.69 Å². The molecule has 19 heavy (non-hydrogen) atoms. The number of anilines is 1. The van der Waals surface area contributed by atoms with Gasteiger partial charge in [-0.2, -0.15) is 15.0 Å². The maximum Gasteiger partial charge on any atom is 0.0858 e. The van der Waals surface area contributed by atoms with Crippen LogP contribution in [0.5, 0.6) is 0 Å². The maximum atomic E-state index is 4.13. The van der Waals surface area contributed by atoms with Crippen molar-refractivity contribution in [3.63, 3.8) is 0 Å². The standard InChI is InChI=1S/C15H20N4/c1-2-12-4-3-5-15(12)18-13-6-8-14(9-7-13)19-16-10-11-17-19/h6-12,15,18H,2-5H2,1H3. The molecule has 0 amide bonds. The molecule has 1 N–H and O–H groups in total. The highest BCUT2D eigenvalue weighted by Crippen LogP contribution is 2.30. The van der Waals surface area contributed by atoms with Gasteiger partial charge >= 0.3 is 0 Å². The lowest BCUT2D eigenvalue weighted by Crippen LogP contribution is -2.23. The van der Waals surface area contributed by atoms with Crippen molar-refractivity contribution in [2.75, 3.05) is 5.32 Å². The predicted molar refractivity (Wildman–Crippen MR) is 76.4 cm³/mol. The highest BCUT2D eigenvalue weighted by atomic mass is 15.5. The largest absolute Gasteiger partial charge is 0.382 e. The Morgan fingerprint density at radius 1 is 1.16 bits per heavy atom. The average molecular weight is 256 g/mol. The van der Waals surface area contributed by atoms with Crippen LogP contribution in [-0.2, 0) is 0 Å². The second-order valence-corrected chi connectivity index (χ2v) is 5.22. The van der Waals surface area contributed by atoms with Gasteiger partial charge < -0.3 is 5.32 Å². The molecule has 0 radical (unpaired) electrons. The molecule has 100 valence electrons. The fourth-order valence-corrected chi connectivity index (χ4v) is 2.97. The molecule has 1 saturated carbocycles. The monoisotopic (exact) mass is 256 g/mol. The van der Waals surface area contributed by atoms with Gasteiger partial charge in [-0.3, -0.25) is 0 Å². The van der Waals surface area contributed by atoms with E-state index in [1.807, 2.05) is 0 Å². The Balaban J connectivity index is 1.69. The van der Waals surface area contributed by atoms with E-state index in [-0.39, 0.29) is 0 Å². The van der Waals surface area contributed by atoms with Crippen LogP contribution in [0.1, 0.15) is 32.6 Å². The van der Waals surface area contributed by atoms with E-state index in [2.05, 4.69) is 46.7 Å². The van der Waals surface area contributed by atoms with Crippen molar-refractivity contribution in [1.82, 2.24) is 15.0 Å². The van der Waals surface area contributed by atoms with Crippen LogP contribution in [0.3, 0.4) is 0 Å². The Bertz CT molecular complexity index is 503. The minimum absolute atomic E-state index is 0.638. The van der Waals surface area contributed by atoms with E-state index >= 15 is 0 Å². The Kier molecular flexibility index (Phi) is 3.49. The Hall–Kier alpha value is -1.84. The van der Waals surface area contributed by atoms with E-state index in [1.165, 1.54) is 31.4 Å². The van der Waals surface area contributed by atoms with E-state index < -0.39 is 0 Å². The summed E-state index contributed by atoms with van der Waals surface area (Å²) in [6.07, 6.45) is 8.66. The van der Waals surface area contributed by atoms with Crippen LogP contribution in [0, 0.1) is 5.92 Å². The fraction of sp³-hybridized carbons (Fsp3) is 0.467. The third-order valence-electron chi connectivity index (χ3n) is 4.05. The van der Waals surface area contributed by atoms with Gasteiger partial charge in [0.15, 0.2) is 0 Å². The molecule has 0 aliphatic heterocycles. The molecule has 0 spiro atoms. The molecule has 2 unspecified atom stereocenters. The van der Waals surface area contributed by atoms with Gasteiger partial charge in [-0.15, -0.1) is 0 Å². The van der Waals surface area contributed by atoms with Gasteiger partial charge in [0, 0.05) is 11.7 Å². The molecule has 1 aromatic heterocycles. The van der Waals surface area contributed by atoms with Gasteiger partial charge in [-0.25, -0.2) is 0 Å². The lowest BCUT2D eigenvalue weighted by atomic mass is 10.0. The summed E-state index contributed by atoms with van der Waals surface area (Å²) < 4.78 is 0. The van der Waals surface area contributed by atoms with Gasteiger partial charge in [-0.1, -0.05) is 19.8 Å². The van der Waals surface area contributed by atoms with Gasteiger partial charge in [-0.05, 0) is 43.0 Å². The predicted octanol–water partition coefficient (Wildman–Crippen LogP) is 3.26. The maximum absolute atomic E-state index is 4.13. The van der Waals surface area contributed by atoms with Crippen LogP contribution < -0.4 is 5.32 Å². The Morgan fingerprint density at radius 2 is 1.89 bits per heavy atom. The molecule has 1 aliphatic carbocycles. The minimum atomic E-state index is 0.638. The molecule has 1 aliphatic rings. The highest BCUT2D eigenvalue weighted by molar-refractivity contribution is 5.49. The lowest BCUT2D eigenvalue weighted by Gasteiger charge is -2.20. The number of hydrogen-bond donors (Lipinski definition) is 1. The lowest BCUT2D eigenvalue weighted by molar-refractivity contribution is 0.489. The average Bonchev–Trinajstić information content (AvgIpc) is 3.10.